The first kappa shape index (κ1) is 27.7. The number of fused-ring (bicyclic) bond motifs is 7. The van der Waals surface area contributed by atoms with E-state index in [9.17, 15) is 0 Å². The smallest absolute Gasteiger partial charge is 0.143 e. The van der Waals surface area contributed by atoms with Crippen molar-refractivity contribution < 1.29 is 4.42 Å². The van der Waals surface area contributed by atoms with Crippen LogP contribution in [0.15, 0.2) is 186 Å². The van der Waals surface area contributed by atoms with Gasteiger partial charge in [-0.3, -0.25) is 0 Å². The maximum atomic E-state index is 6.65. The summed E-state index contributed by atoms with van der Waals surface area (Å²) in [4.78, 5) is 0. The third-order valence-electron chi connectivity index (χ3n) is 10.0. The molecule has 0 saturated carbocycles. The molecule has 1 aromatic heterocycles. The topological polar surface area (TPSA) is 13.1 Å². The quantitative estimate of drug-likeness (QED) is 0.178. The van der Waals surface area contributed by atoms with Gasteiger partial charge in [0.2, 0.25) is 0 Å². The Morgan fingerprint density at radius 3 is 1.59 bits per heavy atom. The average Bonchev–Trinajstić information content (AvgIpc) is 3.57. The van der Waals surface area contributed by atoms with E-state index in [2.05, 4.69) is 176 Å². The summed E-state index contributed by atoms with van der Waals surface area (Å²) in [5, 5.41) is 9.75. The van der Waals surface area contributed by atoms with Crippen LogP contribution in [0.3, 0.4) is 0 Å². The number of hydrogen-bond acceptors (Lipinski definition) is 1. The van der Waals surface area contributed by atoms with E-state index in [0.29, 0.717) is 0 Å². The minimum Gasteiger partial charge on any atom is -0.455 e. The van der Waals surface area contributed by atoms with E-state index in [1.807, 2.05) is 6.07 Å². The summed E-state index contributed by atoms with van der Waals surface area (Å²) in [5.74, 6) is 0. The van der Waals surface area contributed by atoms with Crippen molar-refractivity contribution in [2.75, 3.05) is 0 Å². The summed E-state index contributed by atoms with van der Waals surface area (Å²) >= 11 is 0. The molecule has 10 aromatic rings. The molecule has 0 atom stereocenters. The molecule has 0 aliphatic rings. The van der Waals surface area contributed by atoms with Crippen LogP contribution in [0.5, 0.6) is 0 Å². The Morgan fingerprint density at radius 2 is 0.837 bits per heavy atom. The fourth-order valence-electron chi connectivity index (χ4n) is 7.93. The molecule has 1 nitrogen and oxygen atoms in total. The highest BCUT2D eigenvalue weighted by atomic mass is 16.3. The van der Waals surface area contributed by atoms with Crippen molar-refractivity contribution in [1.29, 1.82) is 0 Å². The van der Waals surface area contributed by atoms with Crippen LogP contribution in [0.1, 0.15) is 0 Å². The SMILES string of the molecule is c1ccc(-c2c3ccccc3c(-c3ccccc3)c3c(-c4cccc(-c5cc6ccccc6c6c5oc5ccccc56)c4)cccc23)cc1. The Balaban J connectivity index is 1.30. The molecule has 0 bridgehead atoms. The molecule has 0 spiro atoms. The first-order valence-electron chi connectivity index (χ1n) is 16.9. The van der Waals surface area contributed by atoms with Gasteiger partial charge in [-0.2, -0.15) is 0 Å². The number of para-hydroxylation sites is 1. The van der Waals surface area contributed by atoms with Gasteiger partial charge < -0.3 is 4.42 Å². The molecule has 0 unspecified atom stereocenters. The van der Waals surface area contributed by atoms with Crippen LogP contribution >= 0.6 is 0 Å². The van der Waals surface area contributed by atoms with Gasteiger partial charge in [0, 0.05) is 16.3 Å². The lowest BCUT2D eigenvalue weighted by atomic mass is 9.83. The molecule has 9 aromatic carbocycles. The third kappa shape index (κ3) is 4.33. The molecule has 49 heavy (non-hydrogen) atoms. The van der Waals surface area contributed by atoms with Crippen LogP contribution in [0.25, 0.3) is 98.8 Å². The van der Waals surface area contributed by atoms with Gasteiger partial charge in [-0.05, 0) is 89.5 Å². The first-order chi connectivity index (χ1) is 24.3. The molecular weight excluding hydrogens is 593 g/mol. The van der Waals surface area contributed by atoms with Gasteiger partial charge in [0.25, 0.3) is 0 Å². The fourth-order valence-corrected chi connectivity index (χ4v) is 7.93. The highest BCUT2D eigenvalue weighted by Crippen LogP contribution is 2.48. The predicted molar refractivity (Wildman–Crippen MR) is 208 cm³/mol. The molecule has 0 aliphatic heterocycles. The number of benzene rings is 9. The van der Waals surface area contributed by atoms with Crippen molar-refractivity contribution >= 4 is 54.3 Å². The zero-order valence-electron chi connectivity index (χ0n) is 26.7. The molecule has 0 amide bonds. The zero-order valence-corrected chi connectivity index (χ0v) is 26.7. The first-order valence-corrected chi connectivity index (χ1v) is 16.9. The second-order valence-electron chi connectivity index (χ2n) is 12.8. The lowest BCUT2D eigenvalue weighted by Gasteiger charge is -2.20. The summed E-state index contributed by atoms with van der Waals surface area (Å²) < 4.78 is 6.65. The van der Waals surface area contributed by atoms with Gasteiger partial charge >= 0.3 is 0 Å². The predicted octanol–water partition coefficient (Wildman–Crippen LogP) is 13.7. The molecule has 0 fully saturated rings. The Kier molecular flexibility index (Phi) is 6.25. The van der Waals surface area contributed by atoms with E-state index in [4.69, 9.17) is 4.42 Å². The summed E-state index contributed by atoms with van der Waals surface area (Å²) in [6.07, 6.45) is 0. The Bertz CT molecular complexity index is 2860. The van der Waals surface area contributed by atoms with Crippen LogP contribution in [-0.4, -0.2) is 0 Å². The fraction of sp³-hybridized carbons (Fsp3) is 0. The van der Waals surface area contributed by atoms with Gasteiger partial charge in [0.1, 0.15) is 11.2 Å². The number of hydrogen-bond donors (Lipinski definition) is 0. The highest BCUT2D eigenvalue weighted by Gasteiger charge is 2.21. The van der Waals surface area contributed by atoms with Crippen molar-refractivity contribution in [3.8, 4) is 44.5 Å². The molecule has 0 aliphatic carbocycles. The molecule has 1 heterocycles. The van der Waals surface area contributed by atoms with Gasteiger partial charge in [0.15, 0.2) is 0 Å². The third-order valence-corrected chi connectivity index (χ3v) is 10.0. The second-order valence-corrected chi connectivity index (χ2v) is 12.8. The maximum Gasteiger partial charge on any atom is 0.143 e. The maximum absolute atomic E-state index is 6.65. The number of rotatable bonds is 4. The Hall–Kier alpha value is -6.44. The Morgan fingerprint density at radius 1 is 0.306 bits per heavy atom. The van der Waals surface area contributed by atoms with Crippen LogP contribution in [0.2, 0.25) is 0 Å². The van der Waals surface area contributed by atoms with Crippen molar-refractivity contribution in [2.45, 2.75) is 0 Å². The van der Waals surface area contributed by atoms with Crippen LogP contribution in [0, 0.1) is 0 Å². The highest BCUT2D eigenvalue weighted by molar-refractivity contribution is 6.25. The van der Waals surface area contributed by atoms with Crippen molar-refractivity contribution in [3.05, 3.63) is 182 Å². The van der Waals surface area contributed by atoms with E-state index in [-0.39, 0.29) is 0 Å². The largest absolute Gasteiger partial charge is 0.455 e. The molecule has 228 valence electrons. The Labute approximate surface area is 284 Å². The van der Waals surface area contributed by atoms with Gasteiger partial charge in [-0.15, -0.1) is 0 Å². The van der Waals surface area contributed by atoms with Crippen molar-refractivity contribution in [1.82, 2.24) is 0 Å². The minimum absolute atomic E-state index is 0.910. The summed E-state index contributed by atoms with van der Waals surface area (Å²) in [7, 11) is 0. The minimum atomic E-state index is 0.910. The molecule has 1 heteroatoms. The average molecular weight is 623 g/mol. The van der Waals surface area contributed by atoms with Crippen LogP contribution in [0.4, 0.5) is 0 Å². The van der Waals surface area contributed by atoms with E-state index in [1.54, 1.807) is 0 Å². The molecule has 10 rings (SSSR count). The van der Waals surface area contributed by atoms with E-state index in [1.165, 1.54) is 71.1 Å². The standard InChI is InChI=1S/C48H30O/c1-3-15-31(16-4-1)44-38-23-9-10-24-39(38)45(32-17-5-2-6-18-32)46-36(26-14-27-41(44)46)33-20-13-21-34(29-33)42-30-35-19-7-8-22-37(35)47-40-25-11-12-28-43(40)49-48(42)47/h1-30H. The van der Waals surface area contributed by atoms with Gasteiger partial charge in [0.05, 0.1) is 0 Å². The van der Waals surface area contributed by atoms with Gasteiger partial charge in [-0.1, -0.05) is 164 Å². The molecule has 0 N–H and O–H groups in total. The molecular formula is C48H30O. The van der Waals surface area contributed by atoms with Crippen molar-refractivity contribution in [2.24, 2.45) is 0 Å². The second kappa shape index (κ2) is 11.1. The normalized spacial score (nSPS) is 11.7. The zero-order chi connectivity index (χ0) is 32.3. The van der Waals surface area contributed by atoms with E-state index < -0.39 is 0 Å². The summed E-state index contributed by atoms with van der Waals surface area (Å²) in [5.41, 5.74) is 11.4. The van der Waals surface area contributed by atoms with E-state index in [0.717, 1.165) is 27.7 Å². The summed E-state index contributed by atoms with van der Waals surface area (Å²) in [6, 6.07) is 65.7. The van der Waals surface area contributed by atoms with E-state index >= 15 is 0 Å². The van der Waals surface area contributed by atoms with Crippen molar-refractivity contribution in [3.63, 3.8) is 0 Å². The lowest BCUT2D eigenvalue weighted by Crippen LogP contribution is -1.93. The lowest BCUT2D eigenvalue weighted by molar-refractivity contribution is 0.670. The molecule has 0 radical (unpaired) electrons. The summed E-state index contributed by atoms with van der Waals surface area (Å²) in [6.45, 7) is 0. The van der Waals surface area contributed by atoms with Crippen LogP contribution < -0.4 is 0 Å². The monoisotopic (exact) mass is 622 g/mol. The van der Waals surface area contributed by atoms with Gasteiger partial charge in [-0.25, -0.2) is 0 Å². The molecule has 0 saturated heterocycles. The van der Waals surface area contributed by atoms with Crippen LogP contribution in [-0.2, 0) is 0 Å². The number of furan rings is 1.